The van der Waals surface area contributed by atoms with Crippen LogP contribution in [-0.2, 0) is 11.3 Å². The number of nitrogens with one attached hydrogen (secondary N) is 1. The van der Waals surface area contributed by atoms with E-state index in [-0.39, 0.29) is 18.9 Å². The van der Waals surface area contributed by atoms with Gasteiger partial charge >= 0.3 is 0 Å². The van der Waals surface area contributed by atoms with Gasteiger partial charge in [0.05, 0.1) is 24.8 Å². The summed E-state index contributed by atoms with van der Waals surface area (Å²) in [5, 5.41) is 11.5. The van der Waals surface area contributed by atoms with Crippen LogP contribution in [0.4, 0.5) is 0 Å². The van der Waals surface area contributed by atoms with Gasteiger partial charge in [-0.3, -0.25) is 4.79 Å². The minimum Gasteiger partial charge on any atom is -0.493 e. The fourth-order valence-electron chi connectivity index (χ4n) is 1.91. The second-order valence-electron chi connectivity index (χ2n) is 5.23. The molecule has 0 spiro atoms. The molecular weight excluding hydrogens is 318 g/mol. The third kappa shape index (κ3) is 6.76. The minimum absolute atomic E-state index is 0.169. The van der Waals surface area contributed by atoms with E-state index in [0.29, 0.717) is 23.1 Å². The van der Waals surface area contributed by atoms with E-state index in [1.165, 1.54) is 7.11 Å². The van der Waals surface area contributed by atoms with Gasteiger partial charge in [0.15, 0.2) is 11.5 Å². The van der Waals surface area contributed by atoms with Crippen LogP contribution in [0.5, 0.6) is 11.5 Å². The van der Waals surface area contributed by atoms with Gasteiger partial charge in [0.25, 0.3) is 0 Å². The average Bonchev–Trinajstić information content (AvgIpc) is 2.50. The lowest BCUT2D eigenvalue weighted by Crippen LogP contribution is -2.21. The third-order valence-corrected chi connectivity index (χ3v) is 3.30. The Balaban J connectivity index is 2.70. The van der Waals surface area contributed by atoms with E-state index >= 15 is 0 Å². The number of halogens is 1. The summed E-state index contributed by atoms with van der Waals surface area (Å²) in [5.74, 6) is 0.693. The number of methoxy groups -OCH3 is 1. The Bertz CT molecular complexity index is 570. The fourth-order valence-corrected chi connectivity index (χ4v) is 2.19. The first-order valence-electron chi connectivity index (χ1n) is 7.25. The second kappa shape index (κ2) is 9.93. The van der Waals surface area contributed by atoms with Crippen LogP contribution < -0.4 is 14.8 Å². The number of amides is 1. The van der Waals surface area contributed by atoms with Gasteiger partial charge in [0.1, 0.15) is 6.42 Å². The van der Waals surface area contributed by atoms with Crippen molar-refractivity contribution in [3.05, 3.63) is 22.7 Å². The summed E-state index contributed by atoms with van der Waals surface area (Å²) in [6.45, 7) is 1.73. The van der Waals surface area contributed by atoms with Gasteiger partial charge < -0.3 is 19.7 Å². The largest absolute Gasteiger partial charge is 0.493 e. The molecule has 1 N–H and O–H groups in total. The highest BCUT2D eigenvalue weighted by atomic mass is 35.5. The zero-order chi connectivity index (χ0) is 17.2. The minimum atomic E-state index is -0.327. The number of carbonyl (C=O) groups excluding carboxylic acids is 1. The Morgan fingerprint density at radius 3 is 2.78 bits per heavy atom. The molecule has 0 aromatic heterocycles. The molecule has 0 unspecified atom stereocenters. The van der Waals surface area contributed by atoms with E-state index < -0.39 is 0 Å². The van der Waals surface area contributed by atoms with Crippen LogP contribution in [0.1, 0.15) is 18.4 Å². The molecule has 1 aromatic carbocycles. The van der Waals surface area contributed by atoms with Crippen molar-refractivity contribution in [2.24, 2.45) is 0 Å². The van der Waals surface area contributed by atoms with E-state index in [1.807, 2.05) is 14.1 Å². The molecule has 1 rings (SSSR count). The van der Waals surface area contributed by atoms with Crippen molar-refractivity contribution < 1.29 is 14.3 Å². The number of benzene rings is 1. The van der Waals surface area contributed by atoms with Gasteiger partial charge in [-0.05, 0) is 38.2 Å². The molecule has 1 aromatic rings. The molecule has 0 saturated heterocycles. The SMILES string of the molecule is COc1cc(CNC(=O)CC#N)cc(Cl)c1OCCCN(C)C. The van der Waals surface area contributed by atoms with Crippen LogP contribution in [0.25, 0.3) is 0 Å². The zero-order valence-corrected chi connectivity index (χ0v) is 14.4. The molecule has 0 aliphatic heterocycles. The smallest absolute Gasteiger partial charge is 0.234 e. The van der Waals surface area contributed by atoms with Crippen LogP contribution >= 0.6 is 11.6 Å². The van der Waals surface area contributed by atoms with Crippen molar-refractivity contribution in [3.63, 3.8) is 0 Å². The zero-order valence-electron chi connectivity index (χ0n) is 13.7. The molecule has 0 fully saturated rings. The number of hydrogen-bond donors (Lipinski definition) is 1. The molecule has 0 aliphatic carbocycles. The van der Waals surface area contributed by atoms with Crippen LogP contribution in [0.15, 0.2) is 12.1 Å². The molecule has 0 atom stereocenters. The maximum absolute atomic E-state index is 11.3. The number of nitriles is 1. The summed E-state index contributed by atoms with van der Waals surface area (Å²) < 4.78 is 11.0. The Morgan fingerprint density at radius 1 is 1.43 bits per heavy atom. The maximum Gasteiger partial charge on any atom is 0.234 e. The normalized spacial score (nSPS) is 10.3. The summed E-state index contributed by atoms with van der Waals surface area (Å²) in [7, 11) is 5.54. The number of ether oxygens (including phenoxy) is 2. The molecule has 1 amide bonds. The predicted octanol–water partition coefficient (Wildman–Crippen LogP) is 2.21. The van der Waals surface area contributed by atoms with Gasteiger partial charge in [-0.2, -0.15) is 5.26 Å². The van der Waals surface area contributed by atoms with E-state index in [1.54, 1.807) is 18.2 Å². The lowest BCUT2D eigenvalue weighted by atomic mass is 10.2. The van der Waals surface area contributed by atoms with E-state index in [2.05, 4.69) is 10.2 Å². The Kier molecular flexibility index (Phi) is 8.23. The highest BCUT2D eigenvalue weighted by Gasteiger charge is 2.12. The highest BCUT2D eigenvalue weighted by Crippen LogP contribution is 2.36. The summed E-state index contributed by atoms with van der Waals surface area (Å²) in [5.41, 5.74) is 0.777. The Hall–Kier alpha value is -1.97. The molecule has 0 heterocycles. The van der Waals surface area contributed by atoms with Crippen LogP contribution in [0.3, 0.4) is 0 Å². The monoisotopic (exact) mass is 339 g/mol. The average molecular weight is 340 g/mol. The summed E-state index contributed by atoms with van der Waals surface area (Å²) in [6.07, 6.45) is 0.705. The van der Waals surface area contributed by atoms with Crippen LogP contribution in [-0.4, -0.2) is 45.2 Å². The van der Waals surface area contributed by atoms with Crippen molar-refractivity contribution in [2.75, 3.05) is 34.4 Å². The Labute approximate surface area is 141 Å². The highest BCUT2D eigenvalue weighted by molar-refractivity contribution is 6.32. The van der Waals surface area contributed by atoms with Gasteiger partial charge in [-0.25, -0.2) is 0 Å². The summed E-state index contributed by atoms with van der Waals surface area (Å²) in [6, 6.07) is 5.28. The first kappa shape index (κ1) is 19.1. The van der Waals surface area contributed by atoms with Gasteiger partial charge in [0.2, 0.25) is 5.91 Å². The second-order valence-corrected chi connectivity index (χ2v) is 5.63. The molecule has 0 radical (unpaired) electrons. The number of rotatable bonds is 9. The van der Waals surface area contributed by atoms with Gasteiger partial charge in [-0.15, -0.1) is 0 Å². The molecule has 126 valence electrons. The van der Waals surface area contributed by atoms with Crippen molar-refractivity contribution in [3.8, 4) is 17.6 Å². The van der Waals surface area contributed by atoms with E-state index in [0.717, 1.165) is 18.5 Å². The first-order valence-corrected chi connectivity index (χ1v) is 7.63. The lowest BCUT2D eigenvalue weighted by Gasteiger charge is -2.15. The van der Waals surface area contributed by atoms with Gasteiger partial charge in [-0.1, -0.05) is 11.6 Å². The summed E-state index contributed by atoms with van der Waals surface area (Å²) in [4.78, 5) is 13.4. The fraction of sp³-hybridized carbons (Fsp3) is 0.500. The molecule has 0 bridgehead atoms. The molecular formula is C16H22ClN3O3. The summed E-state index contributed by atoms with van der Waals surface area (Å²) >= 11 is 6.25. The number of nitrogens with zero attached hydrogens (tertiary/aromatic N) is 2. The third-order valence-electron chi connectivity index (χ3n) is 3.01. The van der Waals surface area contributed by atoms with Crippen molar-refractivity contribution in [1.29, 1.82) is 5.26 Å². The molecule has 0 aliphatic rings. The standard InChI is InChI=1S/C16H22ClN3O3/c1-20(2)7-4-8-23-16-13(17)9-12(10-14(16)22-3)11-19-15(21)5-6-18/h9-10H,4-5,7-8,11H2,1-3H3,(H,19,21). The number of carbonyl (C=O) groups is 1. The lowest BCUT2D eigenvalue weighted by molar-refractivity contribution is -0.120. The van der Waals surface area contributed by atoms with Gasteiger partial charge in [0, 0.05) is 13.1 Å². The van der Waals surface area contributed by atoms with Crippen molar-refractivity contribution in [1.82, 2.24) is 10.2 Å². The molecule has 6 nitrogen and oxygen atoms in total. The van der Waals surface area contributed by atoms with E-state index in [4.69, 9.17) is 26.3 Å². The topological polar surface area (TPSA) is 74.6 Å². The Morgan fingerprint density at radius 2 is 2.17 bits per heavy atom. The number of hydrogen-bond acceptors (Lipinski definition) is 5. The molecule has 7 heteroatoms. The maximum atomic E-state index is 11.3. The first-order chi connectivity index (χ1) is 11.0. The predicted molar refractivity (Wildman–Crippen MR) is 88.7 cm³/mol. The van der Waals surface area contributed by atoms with Crippen LogP contribution in [0, 0.1) is 11.3 Å². The van der Waals surface area contributed by atoms with Crippen molar-refractivity contribution >= 4 is 17.5 Å². The van der Waals surface area contributed by atoms with Crippen LogP contribution in [0.2, 0.25) is 5.02 Å². The molecule has 0 saturated carbocycles. The van der Waals surface area contributed by atoms with Crippen molar-refractivity contribution in [2.45, 2.75) is 19.4 Å². The molecule has 23 heavy (non-hydrogen) atoms. The van der Waals surface area contributed by atoms with E-state index in [9.17, 15) is 4.79 Å². The quantitative estimate of drug-likeness (QED) is 0.698.